The van der Waals surface area contributed by atoms with E-state index in [1.54, 1.807) is 71.6 Å². The highest BCUT2D eigenvalue weighted by Crippen LogP contribution is 2.50. The summed E-state index contributed by atoms with van der Waals surface area (Å²) >= 11 is 0. The summed E-state index contributed by atoms with van der Waals surface area (Å²) in [6.07, 6.45) is 4.45. The number of fused-ring (bicyclic) bond motifs is 1. The van der Waals surface area contributed by atoms with Crippen molar-refractivity contribution in [2.75, 3.05) is 39.5 Å². The van der Waals surface area contributed by atoms with Crippen molar-refractivity contribution in [3.05, 3.63) is 102 Å². The molecule has 3 fully saturated rings. The normalized spacial score (nSPS) is 20.6. The lowest BCUT2D eigenvalue weighted by Gasteiger charge is -2.31. The molecule has 1 saturated carbocycles. The number of hydrogen-bond donors (Lipinski definition) is 1. The monoisotopic (exact) mass is 748 g/mol. The van der Waals surface area contributed by atoms with Crippen molar-refractivity contribution in [2.24, 2.45) is 5.41 Å². The van der Waals surface area contributed by atoms with E-state index in [4.69, 9.17) is 14.2 Å². The van der Waals surface area contributed by atoms with Crippen LogP contribution in [-0.2, 0) is 14.3 Å². The van der Waals surface area contributed by atoms with Crippen LogP contribution in [0.25, 0.3) is 22.0 Å². The Morgan fingerprint density at radius 1 is 1.02 bits per heavy atom. The van der Waals surface area contributed by atoms with E-state index < -0.39 is 24.8 Å². The lowest BCUT2D eigenvalue weighted by Crippen LogP contribution is -2.46. The van der Waals surface area contributed by atoms with Gasteiger partial charge in [0, 0.05) is 42.9 Å². The molecule has 1 amide bonds. The maximum Gasteiger partial charge on any atom is 0.393 e. The molecule has 1 unspecified atom stereocenters. The Kier molecular flexibility index (Phi) is 11.5. The van der Waals surface area contributed by atoms with Crippen molar-refractivity contribution in [3.8, 4) is 5.88 Å². The molecule has 7 rings (SSSR count). The minimum atomic E-state index is -4.53. The first kappa shape index (κ1) is 37.7. The van der Waals surface area contributed by atoms with Crippen LogP contribution in [0.4, 0.5) is 17.6 Å². The van der Waals surface area contributed by atoms with Crippen molar-refractivity contribution in [2.45, 2.75) is 69.9 Å². The van der Waals surface area contributed by atoms with Gasteiger partial charge in [0.1, 0.15) is 0 Å². The topological polar surface area (TPSA) is 98.9 Å². The molecule has 1 N–H and O–H groups in total. The largest absolute Gasteiger partial charge is 0.477 e. The van der Waals surface area contributed by atoms with Gasteiger partial charge in [0.25, 0.3) is 0 Å². The molecule has 3 aliphatic rings. The summed E-state index contributed by atoms with van der Waals surface area (Å²) in [5, 5.41) is 13.7. The molecule has 2 aromatic carbocycles. The third kappa shape index (κ3) is 9.02. The van der Waals surface area contributed by atoms with E-state index in [0.717, 1.165) is 32.1 Å². The number of nitrogens with zero attached hydrogens (tertiary/aromatic N) is 4. The molecule has 1 aliphatic carbocycles. The Morgan fingerprint density at radius 3 is 2.54 bits per heavy atom. The van der Waals surface area contributed by atoms with Crippen LogP contribution in [0.2, 0.25) is 0 Å². The fraction of sp³-hybridized carbons (Fsp3) is 0.439. The molecule has 2 saturated heterocycles. The average molecular weight is 749 g/mol. The zero-order valence-corrected chi connectivity index (χ0v) is 29.9. The zero-order valence-electron chi connectivity index (χ0n) is 29.9. The summed E-state index contributed by atoms with van der Waals surface area (Å²) in [6, 6.07) is 16.7. The molecule has 2 aliphatic heterocycles. The molecule has 4 aromatic rings. The van der Waals surface area contributed by atoms with Crippen molar-refractivity contribution < 1.29 is 41.7 Å². The fourth-order valence-electron chi connectivity index (χ4n) is 7.28. The highest BCUT2D eigenvalue weighted by Gasteiger charge is 2.42. The maximum absolute atomic E-state index is 15.4. The van der Waals surface area contributed by atoms with Crippen LogP contribution in [0.3, 0.4) is 0 Å². The number of aromatic nitrogens is 3. The number of alkyl halides is 3. The van der Waals surface area contributed by atoms with E-state index in [1.807, 2.05) is 6.08 Å². The number of carbonyl (C=O) groups is 1. The quantitative estimate of drug-likeness (QED) is 0.0844. The van der Waals surface area contributed by atoms with E-state index in [1.165, 1.54) is 10.9 Å². The summed E-state index contributed by atoms with van der Waals surface area (Å²) in [4.78, 5) is 18.8. The SMILES string of the molecule is O=C(/C=C/CCC1(COc2ccc(/C(=C(/CC(F)(F)F)c3ccccc3)c3ccc4c(c3)c(F)nn4C3CCCCO3)cn2)CC1)N1CCO[C@@H](CO)C1. The molecule has 286 valence electrons. The Hall–Kier alpha value is -4.59. The van der Waals surface area contributed by atoms with Gasteiger partial charge in [0.2, 0.25) is 17.7 Å². The summed E-state index contributed by atoms with van der Waals surface area (Å²) in [5.74, 6) is -0.479. The standard InChI is InChI=1S/C41H44F4N4O5/c42-39-32-22-29(12-14-34(32)49(47-39)37-11-5-7-20-53-37)38(33(23-41(43,44)45)28-8-2-1-3-9-28)30-13-15-35(46-24-30)54-27-40(17-18-40)16-6-4-10-36(51)48-19-21-52-31(25-48)26-50/h1-4,8-10,12-15,22,24,31,37,50H,5-7,11,16-21,23,25-27H2/b10-4+,38-33-/t31-,37?/m1/s1. The van der Waals surface area contributed by atoms with E-state index in [2.05, 4.69) is 10.1 Å². The Bertz CT molecular complexity index is 1970. The first-order chi connectivity index (χ1) is 26.1. The van der Waals surface area contributed by atoms with Crippen LogP contribution in [0, 0.1) is 11.4 Å². The second kappa shape index (κ2) is 16.4. The highest BCUT2D eigenvalue weighted by atomic mass is 19.4. The summed E-state index contributed by atoms with van der Waals surface area (Å²) in [7, 11) is 0. The van der Waals surface area contributed by atoms with Crippen LogP contribution in [-0.4, -0.2) is 82.5 Å². The molecule has 13 heteroatoms. The first-order valence-electron chi connectivity index (χ1n) is 18.5. The maximum atomic E-state index is 15.4. The van der Waals surface area contributed by atoms with Gasteiger partial charge >= 0.3 is 6.18 Å². The number of ether oxygens (including phenoxy) is 3. The number of aliphatic hydroxyl groups excluding tert-OH is 1. The van der Waals surface area contributed by atoms with Gasteiger partial charge in [-0.15, -0.1) is 5.10 Å². The molecule has 2 atom stereocenters. The molecule has 0 spiro atoms. The predicted molar refractivity (Wildman–Crippen MR) is 195 cm³/mol. The lowest BCUT2D eigenvalue weighted by atomic mass is 9.88. The van der Waals surface area contributed by atoms with E-state index >= 15 is 4.39 Å². The smallest absolute Gasteiger partial charge is 0.393 e. The predicted octanol–water partition coefficient (Wildman–Crippen LogP) is 7.90. The number of halogens is 4. The van der Waals surface area contributed by atoms with Crippen molar-refractivity contribution in [3.63, 3.8) is 0 Å². The number of pyridine rings is 1. The zero-order chi connectivity index (χ0) is 37.7. The van der Waals surface area contributed by atoms with E-state index in [9.17, 15) is 23.1 Å². The molecule has 4 heterocycles. The second-order valence-corrected chi connectivity index (χ2v) is 14.4. The average Bonchev–Trinajstić information content (AvgIpc) is 3.90. The number of hydrogen-bond acceptors (Lipinski definition) is 7. The van der Waals surface area contributed by atoms with Gasteiger partial charge in [-0.25, -0.2) is 9.67 Å². The van der Waals surface area contributed by atoms with Crippen LogP contribution in [0.15, 0.2) is 79.0 Å². The second-order valence-electron chi connectivity index (χ2n) is 14.4. The van der Waals surface area contributed by atoms with Gasteiger partial charge in [-0.1, -0.05) is 42.5 Å². The first-order valence-corrected chi connectivity index (χ1v) is 18.5. The van der Waals surface area contributed by atoms with Gasteiger partial charge in [-0.3, -0.25) is 4.79 Å². The summed E-state index contributed by atoms with van der Waals surface area (Å²) < 4.78 is 77.1. The lowest BCUT2D eigenvalue weighted by molar-refractivity contribution is -0.135. The van der Waals surface area contributed by atoms with Crippen molar-refractivity contribution in [1.29, 1.82) is 0 Å². The third-order valence-electron chi connectivity index (χ3n) is 10.4. The van der Waals surface area contributed by atoms with Crippen molar-refractivity contribution in [1.82, 2.24) is 19.7 Å². The minimum absolute atomic E-state index is 0.0339. The van der Waals surface area contributed by atoms with Gasteiger partial charge in [0.15, 0.2) is 6.23 Å². The summed E-state index contributed by atoms with van der Waals surface area (Å²) in [5.41, 5.74) is 1.99. The molecular formula is C41H44F4N4O5. The number of rotatable bonds is 13. The number of amides is 1. The Balaban J connectivity index is 1.11. The third-order valence-corrected chi connectivity index (χ3v) is 10.4. The molecule has 54 heavy (non-hydrogen) atoms. The molecule has 2 aromatic heterocycles. The van der Waals surface area contributed by atoms with Crippen LogP contribution in [0.5, 0.6) is 5.88 Å². The number of carbonyl (C=O) groups excluding carboxylic acids is 1. The number of aliphatic hydroxyl groups is 1. The molecule has 9 nitrogen and oxygen atoms in total. The van der Waals surface area contributed by atoms with Crippen LogP contribution in [0.1, 0.15) is 74.3 Å². The van der Waals surface area contributed by atoms with Crippen molar-refractivity contribution >= 4 is 28.0 Å². The van der Waals surface area contributed by atoms with E-state index in [-0.39, 0.29) is 40.6 Å². The van der Waals surface area contributed by atoms with E-state index in [0.29, 0.717) is 73.8 Å². The molecule has 0 radical (unpaired) electrons. The number of morpholine rings is 1. The van der Waals surface area contributed by atoms with Gasteiger partial charge in [-0.05, 0) is 91.5 Å². The number of benzene rings is 2. The Morgan fingerprint density at radius 2 is 1.83 bits per heavy atom. The Labute approximate surface area is 311 Å². The van der Waals surface area contributed by atoms with Crippen LogP contribution < -0.4 is 4.74 Å². The number of allylic oxidation sites excluding steroid dienone is 2. The minimum Gasteiger partial charge on any atom is -0.477 e. The summed E-state index contributed by atoms with van der Waals surface area (Å²) in [6.45, 7) is 2.10. The van der Waals surface area contributed by atoms with Gasteiger partial charge in [-0.2, -0.15) is 17.6 Å². The fourth-order valence-corrected chi connectivity index (χ4v) is 7.28. The highest BCUT2D eigenvalue weighted by molar-refractivity contribution is 6.00. The molecule has 0 bridgehead atoms. The van der Waals surface area contributed by atoms with Gasteiger partial charge < -0.3 is 24.2 Å². The van der Waals surface area contributed by atoms with Gasteiger partial charge in [0.05, 0.1) is 43.2 Å². The molecular weight excluding hydrogens is 704 g/mol. The van der Waals surface area contributed by atoms with Crippen LogP contribution >= 0.6 is 0 Å².